The molecule has 0 aromatic rings. The van der Waals surface area contributed by atoms with Crippen LogP contribution < -0.4 is 0 Å². The molecule has 0 nitrogen and oxygen atoms in total. The van der Waals surface area contributed by atoms with Gasteiger partial charge in [-0.05, 0) is 18.8 Å². The van der Waals surface area contributed by atoms with Gasteiger partial charge in [-0.2, -0.15) is 0 Å². The minimum Gasteiger partial charge on any atom is -0.121 e. The molecule has 1 heteroatoms. The van der Waals surface area contributed by atoms with Gasteiger partial charge in [0.1, 0.15) is 0 Å². The molecule has 1 fully saturated rings. The fourth-order valence-electron chi connectivity index (χ4n) is 1.08. The van der Waals surface area contributed by atoms with E-state index < -0.39 is 0 Å². The van der Waals surface area contributed by atoms with Crippen LogP contribution in [0.15, 0.2) is 0 Å². The Morgan fingerprint density at radius 1 is 1.29 bits per heavy atom. The Kier molecular flexibility index (Phi) is 1.99. The fraction of sp³-hybridized carbons (Fsp3) is 0.833. The van der Waals surface area contributed by atoms with Crippen LogP contribution in [0.1, 0.15) is 25.7 Å². The number of hydrogen-bond acceptors (Lipinski definition) is 0. The summed E-state index contributed by atoms with van der Waals surface area (Å²) in [6.07, 6.45) is 5.41. The van der Waals surface area contributed by atoms with Crippen molar-refractivity contribution in [2.24, 2.45) is 5.92 Å². The molecule has 1 aliphatic carbocycles. The topological polar surface area (TPSA) is 0 Å². The van der Waals surface area contributed by atoms with Crippen LogP contribution in [0.2, 0.25) is 0 Å². The highest BCUT2D eigenvalue weighted by atomic mass is 35.5. The van der Waals surface area contributed by atoms with Crippen LogP contribution in [0.25, 0.3) is 0 Å². The van der Waals surface area contributed by atoms with E-state index in [4.69, 9.17) is 11.6 Å². The first-order valence-corrected chi connectivity index (χ1v) is 3.30. The molecule has 1 radical (unpaired) electrons. The Morgan fingerprint density at radius 3 is 2.14 bits per heavy atom. The molecule has 1 saturated carbocycles. The molecule has 0 heterocycles. The molecule has 7 heavy (non-hydrogen) atoms. The van der Waals surface area contributed by atoms with Crippen LogP contribution in [-0.2, 0) is 0 Å². The minimum atomic E-state index is 0.738. The highest BCUT2D eigenvalue weighted by Gasteiger charge is 2.12. The van der Waals surface area contributed by atoms with Gasteiger partial charge in [-0.3, -0.25) is 0 Å². The largest absolute Gasteiger partial charge is 0.121 e. The molecule has 1 rings (SSSR count). The van der Waals surface area contributed by atoms with Crippen molar-refractivity contribution in [1.82, 2.24) is 0 Å². The van der Waals surface area contributed by atoms with Gasteiger partial charge in [0.2, 0.25) is 0 Å². The van der Waals surface area contributed by atoms with E-state index in [1.807, 2.05) is 5.88 Å². The van der Waals surface area contributed by atoms with Crippen LogP contribution >= 0.6 is 11.6 Å². The Morgan fingerprint density at radius 2 is 1.86 bits per heavy atom. The second-order valence-corrected chi connectivity index (χ2v) is 2.42. The van der Waals surface area contributed by atoms with Gasteiger partial charge in [-0.1, -0.05) is 12.8 Å². The van der Waals surface area contributed by atoms with Crippen molar-refractivity contribution in [3.63, 3.8) is 0 Å². The molecule has 41 valence electrons. The van der Waals surface area contributed by atoms with E-state index in [9.17, 15) is 0 Å². The first-order valence-electron chi connectivity index (χ1n) is 2.87. The van der Waals surface area contributed by atoms with Crippen LogP contribution in [0.5, 0.6) is 0 Å². The maximum Gasteiger partial charge on any atom is 0.0530 e. The quantitative estimate of drug-likeness (QED) is 0.495. The van der Waals surface area contributed by atoms with Gasteiger partial charge in [0.25, 0.3) is 0 Å². The molecular formula is C6H10Cl. The second kappa shape index (κ2) is 2.56. The van der Waals surface area contributed by atoms with Gasteiger partial charge in [0.15, 0.2) is 0 Å². The van der Waals surface area contributed by atoms with Crippen molar-refractivity contribution < 1.29 is 0 Å². The van der Waals surface area contributed by atoms with Crippen molar-refractivity contribution in [3.05, 3.63) is 5.88 Å². The highest BCUT2D eigenvalue weighted by Crippen LogP contribution is 2.27. The third-order valence-corrected chi connectivity index (χ3v) is 1.93. The zero-order valence-electron chi connectivity index (χ0n) is 4.36. The monoisotopic (exact) mass is 117 g/mol. The first kappa shape index (κ1) is 5.43. The normalized spacial score (nSPS) is 23.6. The van der Waals surface area contributed by atoms with Crippen molar-refractivity contribution >= 4 is 11.6 Å². The van der Waals surface area contributed by atoms with Crippen LogP contribution in [0, 0.1) is 11.8 Å². The van der Waals surface area contributed by atoms with Gasteiger partial charge < -0.3 is 0 Å². The summed E-state index contributed by atoms with van der Waals surface area (Å²) in [6, 6.07) is 0. The van der Waals surface area contributed by atoms with E-state index in [-0.39, 0.29) is 0 Å². The van der Waals surface area contributed by atoms with Crippen molar-refractivity contribution in [2.45, 2.75) is 25.7 Å². The summed E-state index contributed by atoms with van der Waals surface area (Å²) >= 11 is 5.48. The van der Waals surface area contributed by atoms with Crippen LogP contribution in [-0.4, -0.2) is 0 Å². The molecule has 0 saturated heterocycles. The molecule has 0 amide bonds. The molecule has 0 aromatic carbocycles. The summed E-state index contributed by atoms with van der Waals surface area (Å²) in [6.45, 7) is 0. The van der Waals surface area contributed by atoms with Gasteiger partial charge in [0, 0.05) is 0 Å². The average molecular weight is 118 g/mol. The summed E-state index contributed by atoms with van der Waals surface area (Å²) in [4.78, 5) is 0. The fourth-order valence-corrected chi connectivity index (χ4v) is 1.34. The molecule has 0 aromatic heterocycles. The maximum absolute atomic E-state index is 5.48. The van der Waals surface area contributed by atoms with E-state index in [0.29, 0.717) is 0 Å². The predicted octanol–water partition coefficient (Wildman–Crippen LogP) is 2.58. The Balaban J connectivity index is 2.14. The lowest BCUT2D eigenvalue weighted by Crippen LogP contribution is -1.85. The van der Waals surface area contributed by atoms with Crippen LogP contribution in [0.4, 0.5) is 0 Å². The SMILES string of the molecule is Cl[CH]C1CCCC1. The molecule has 0 unspecified atom stereocenters. The van der Waals surface area contributed by atoms with Gasteiger partial charge >= 0.3 is 0 Å². The molecule has 0 bridgehead atoms. The molecular weight excluding hydrogens is 108 g/mol. The maximum atomic E-state index is 5.48. The number of hydrogen-bond donors (Lipinski definition) is 0. The molecule has 0 N–H and O–H groups in total. The zero-order valence-corrected chi connectivity index (χ0v) is 5.12. The predicted molar refractivity (Wildman–Crippen MR) is 32.1 cm³/mol. The van der Waals surface area contributed by atoms with Gasteiger partial charge in [-0.15, -0.1) is 11.6 Å². The summed E-state index contributed by atoms with van der Waals surface area (Å²) < 4.78 is 0. The summed E-state index contributed by atoms with van der Waals surface area (Å²) in [5.41, 5.74) is 0. The van der Waals surface area contributed by atoms with E-state index in [2.05, 4.69) is 0 Å². The summed E-state index contributed by atoms with van der Waals surface area (Å²) in [7, 11) is 0. The first-order chi connectivity index (χ1) is 3.43. The number of rotatable bonds is 1. The molecule has 0 spiro atoms. The van der Waals surface area contributed by atoms with Gasteiger partial charge in [-0.25, -0.2) is 0 Å². The van der Waals surface area contributed by atoms with Crippen molar-refractivity contribution in [3.8, 4) is 0 Å². The average Bonchev–Trinajstić information content (AvgIpc) is 2.14. The third kappa shape index (κ3) is 1.34. The highest BCUT2D eigenvalue weighted by molar-refractivity contribution is 6.23. The van der Waals surface area contributed by atoms with E-state index in [1.54, 1.807) is 0 Å². The summed E-state index contributed by atoms with van der Waals surface area (Å²) in [5.74, 6) is 2.55. The lowest BCUT2D eigenvalue weighted by Gasteiger charge is -1.97. The van der Waals surface area contributed by atoms with E-state index in [0.717, 1.165) is 5.92 Å². The lowest BCUT2D eigenvalue weighted by atomic mass is 10.1. The zero-order chi connectivity index (χ0) is 5.11. The smallest absolute Gasteiger partial charge is 0.0530 e. The minimum absolute atomic E-state index is 0.738. The third-order valence-electron chi connectivity index (χ3n) is 1.58. The Bertz CT molecular complexity index is 46.1. The molecule has 0 atom stereocenters. The van der Waals surface area contributed by atoms with Crippen LogP contribution in [0.3, 0.4) is 0 Å². The molecule has 0 aliphatic heterocycles. The number of halogens is 1. The Hall–Kier alpha value is 0.290. The standard InChI is InChI=1S/C6H10Cl/c7-5-6-3-1-2-4-6/h5-6H,1-4H2. The second-order valence-electron chi connectivity index (χ2n) is 2.17. The van der Waals surface area contributed by atoms with Gasteiger partial charge in [0.05, 0.1) is 5.88 Å². The Labute approximate surface area is 49.9 Å². The summed E-state index contributed by atoms with van der Waals surface area (Å²) in [5, 5.41) is 0. The van der Waals surface area contributed by atoms with Crippen molar-refractivity contribution in [2.75, 3.05) is 0 Å². The van der Waals surface area contributed by atoms with E-state index >= 15 is 0 Å². The lowest BCUT2D eigenvalue weighted by molar-refractivity contribution is 0.667. The molecule has 1 aliphatic rings. The van der Waals surface area contributed by atoms with E-state index in [1.165, 1.54) is 25.7 Å². The van der Waals surface area contributed by atoms with Crippen molar-refractivity contribution in [1.29, 1.82) is 0 Å².